The lowest BCUT2D eigenvalue weighted by molar-refractivity contribution is -0.115. The number of benzene rings is 2. The molecule has 8 heteroatoms. The first kappa shape index (κ1) is 19.8. The maximum Gasteiger partial charge on any atom is 0.246 e. The summed E-state index contributed by atoms with van der Waals surface area (Å²) >= 11 is 1.55. The highest BCUT2D eigenvalue weighted by Crippen LogP contribution is 2.23. The maximum absolute atomic E-state index is 13.8. The number of nitrogens with zero attached hydrogens (tertiary/aromatic N) is 2. The number of para-hydroxylation sites is 2. The summed E-state index contributed by atoms with van der Waals surface area (Å²) in [7, 11) is 0. The molecule has 0 aliphatic heterocycles. The van der Waals surface area contributed by atoms with Crippen LogP contribution < -0.4 is 10.6 Å². The molecule has 0 saturated carbocycles. The lowest BCUT2D eigenvalue weighted by Gasteiger charge is -2.11. The minimum absolute atomic E-state index is 0.0897. The topological polar surface area (TPSA) is 80.0 Å². The Morgan fingerprint density at radius 1 is 1.13 bits per heavy atom. The molecule has 30 heavy (non-hydrogen) atoms. The zero-order valence-corrected chi connectivity index (χ0v) is 17.0. The van der Waals surface area contributed by atoms with E-state index in [9.17, 15) is 9.18 Å². The second-order valence-electron chi connectivity index (χ2n) is 6.68. The van der Waals surface area contributed by atoms with Crippen molar-refractivity contribution >= 4 is 28.6 Å². The van der Waals surface area contributed by atoms with Crippen molar-refractivity contribution in [1.29, 1.82) is 0 Å². The van der Waals surface area contributed by atoms with Gasteiger partial charge in [-0.25, -0.2) is 4.39 Å². The lowest BCUT2D eigenvalue weighted by atomic mass is 10.1. The van der Waals surface area contributed by atoms with E-state index >= 15 is 0 Å². The summed E-state index contributed by atoms with van der Waals surface area (Å²) in [5, 5.41) is 12.0. The van der Waals surface area contributed by atoms with E-state index in [-0.39, 0.29) is 18.3 Å². The highest BCUT2D eigenvalue weighted by molar-refractivity contribution is 7.10. The van der Waals surface area contributed by atoms with Gasteiger partial charge in [0.1, 0.15) is 5.82 Å². The molecule has 0 spiro atoms. The third kappa shape index (κ3) is 4.72. The molecule has 0 unspecified atom stereocenters. The Morgan fingerprint density at radius 3 is 2.73 bits per heavy atom. The second-order valence-corrected chi connectivity index (χ2v) is 7.71. The van der Waals surface area contributed by atoms with Crippen LogP contribution in [0, 0.1) is 12.7 Å². The summed E-state index contributed by atoms with van der Waals surface area (Å²) in [6.45, 7) is 1.96. The van der Waals surface area contributed by atoms with Crippen LogP contribution >= 0.6 is 11.3 Å². The van der Waals surface area contributed by atoms with Gasteiger partial charge in [0.25, 0.3) is 0 Å². The maximum atomic E-state index is 13.8. The van der Waals surface area contributed by atoms with Crippen molar-refractivity contribution in [2.45, 2.75) is 19.9 Å². The van der Waals surface area contributed by atoms with Gasteiger partial charge >= 0.3 is 0 Å². The van der Waals surface area contributed by atoms with Crippen LogP contribution in [0.25, 0.3) is 11.4 Å². The Kier molecular flexibility index (Phi) is 5.85. The minimum Gasteiger partial charge on any atom is -0.374 e. The zero-order valence-electron chi connectivity index (χ0n) is 16.2. The van der Waals surface area contributed by atoms with Crippen LogP contribution in [-0.4, -0.2) is 16.0 Å². The zero-order chi connectivity index (χ0) is 20.9. The molecule has 152 valence electrons. The molecule has 0 bridgehead atoms. The molecule has 2 N–H and O–H groups in total. The lowest BCUT2D eigenvalue weighted by Crippen LogP contribution is -2.15. The smallest absolute Gasteiger partial charge is 0.246 e. The molecule has 4 aromatic rings. The molecule has 0 saturated heterocycles. The summed E-state index contributed by atoms with van der Waals surface area (Å²) in [5.41, 5.74) is 2.51. The van der Waals surface area contributed by atoms with Crippen molar-refractivity contribution in [2.75, 3.05) is 10.6 Å². The minimum atomic E-state index is -0.316. The van der Waals surface area contributed by atoms with E-state index in [0.717, 1.165) is 10.6 Å². The summed E-state index contributed by atoms with van der Waals surface area (Å²) in [4.78, 5) is 17.6. The normalized spacial score (nSPS) is 10.7. The van der Waals surface area contributed by atoms with Gasteiger partial charge in [0.05, 0.1) is 24.3 Å². The van der Waals surface area contributed by atoms with E-state index < -0.39 is 0 Å². The van der Waals surface area contributed by atoms with Gasteiger partial charge in [0.15, 0.2) is 0 Å². The number of rotatable bonds is 7. The molecule has 1 amide bonds. The van der Waals surface area contributed by atoms with Gasteiger partial charge in [-0.15, -0.1) is 11.3 Å². The summed E-state index contributed by atoms with van der Waals surface area (Å²) in [6.07, 6.45) is 0.326. The number of aromatic nitrogens is 2. The SMILES string of the molecule is Cc1ccc(-c2noc(CNc3ccccc3NC(=O)Cc3cccs3)n2)cc1F. The van der Waals surface area contributed by atoms with Crippen LogP contribution in [0.1, 0.15) is 16.3 Å². The number of thiophene rings is 1. The molecule has 0 fully saturated rings. The number of halogens is 1. The number of nitrogens with one attached hydrogen (secondary N) is 2. The first-order valence-corrected chi connectivity index (χ1v) is 10.2. The highest BCUT2D eigenvalue weighted by Gasteiger charge is 2.12. The van der Waals surface area contributed by atoms with Crippen molar-refractivity contribution < 1.29 is 13.7 Å². The molecule has 0 radical (unpaired) electrons. The first-order valence-electron chi connectivity index (χ1n) is 9.33. The van der Waals surface area contributed by atoms with Crippen molar-refractivity contribution in [1.82, 2.24) is 10.1 Å². The third-order valence-corrected chi connectivity index (χ3v) is 5.32. The van der Waals surface area contributed by atoms with Gasteiger partial charge in [-0.2, -0.15) is 4.98 Å². The Morgan fingerprint density at radius 2 is 1.97 bits per heavy atom. The fraction of sp³-hybridized carbons (Fsp3) is 0.136. The Labute approximate surface area is 176 Å². The van der Waals surface area contributed by atoms with E-state index in [1.807, 2.05) is 41.8 Å². The Bertz CT molecular complexity index is 1160. The molecule has 6 nitrogen and oxygen atoms in total. The summed E-state index contributed by atoms with van der Waals surface area (Å²) in [5.74, 6) is 0.270. The fourth-order valence-corrected chi connectivity index (χ4v) is 3.56. The number of aryl methyl sites for hydroxylation is 1. The molecule has 2 aromatic carbocycles. The molecule has 0 atom stereocenters. The molecular formula is C22H19FN4O2S. The average Bonchev–Trinajstić information content (AvgIpc) is 3.41. The predicted molar refractivity (Wildman–Crippen MR) is 115 cm³/mol. The van der Waals surface area contributed by atoms with E-state index in [1.165, 1.54) is 6.07 Å². The van der Waals surface area contributed by atoms with E-state index in [0.29, 0.717) is 35.0 Å². The molecule has 2 aromatic heterocycles. The molecular weight excluding hydrogens is 403 g/mol. The van der Waals surface area contributed by atoms with Crippen LogP contribution in [0.15, 0.2) is 64.5 Å². The first-order chi connectivity index (χ1) is 14.6. The number of anilines is 2. The van der Waals surface area contributed by atoms with Gasteiger partial charge < -0.3 is 15.2 Å². The van der Waals surface area contributed by atoms with Crippen LogP contribution in [0.5, 0.6) is 0 Å². The van der Waals surface area contributed by atoms with E-state index in [4.69, 9.17) is 4.52 Å². The monoisotopic (exact) mass is 422 g/mol. The average molecular weight is 422 g/mol. The number of carbonyl (C=O) groups excluding carboxylic acids is 1. The van der Waals surface area contributed by atoms with E-state index in [2.05, 4.69) is 20.8 Å². The van der Waals surface area contributed by atoms with Crippen LogP contribution in [0.4, 0.5) is 15.8 Å². The van der Waals surface area contributed by atoms with Crippen LogP contribution in [0.3, 0.4) is 0 Å². The van der Waals surface area contributed by atoms with Crippen molar-refractivity contribution in [3.63, 3.8) is 0 Å². The van der Waals surface area contributed by atoms with Crippen LogP contribution in [-0.2, 0) is 17.8 Å². The van der Waals surface area contributed by atoms with Crippen LogP contribution in [0.2, 0.25) is 0 Å². The molecule has 4 rings (SSSR count). The fourth-order valence-electron chi connectivity index (χ4n) is 2.86. The standard InChI is InChI=1S/C22H19FN4O2S/c1-14-8-9-15(11-17(14)23)22-26-21(29-27-22)13-24-18-6-2-3-7-19(18)25-20(28)12-16-5-4-10-30-16/h2-11,24H,12-13H2,1H3,(H,25,28). The third-order valence-electron chi connectivity index (χ3n) is 4.44. The van der Waals surface area contributed by atoms with Gasteiger partial charge in [-0.1, -0.05) is 35.5 Å². The van der Waals surface area contributed by atoms with Crippen molar-refractivity contribution in [2.24, 2.45) is 0 Å². The number of hydrogen-bond acceptors (Lipinski definition) is 6. The second kappa shape index (κ2) is 8.87. The molecule has 2 heterocycles. The Balaban J connectivity index is 1.41. The Hall–Kier alpha value is -3.52. The van der Waals surface area contributed by atoms with Gasteiger partial charge in [-0.05, 0) is 42.1 Å². The van der Waals surface area contributed by atoms with Gasteiger partial charge in [-0.3, -0.25) is 4.79 Å². The quantitative estimate of drug-likeness (QED) is 0.436. The van der Waals surface area contributed by atoms with E-state index in [1.54, 1.807) is 30.4 Å². The van der Waals surface area contributed by atoms with Gasteiger partial charge in [0.2, 0.25) is 17.6 Å². The molecule has 0 aliphatic rings. The van der Waals surface area contributed by atoms with Gasteiger partial charge in [0, 0.05) is 10.4 Å². The summed E-state index contributed by atoms with van der Waals surface area (Å²) < 4.78 is 19.0. The number of amides is 1. The number of hydrogen-bond donors (Lipinski definition) is 2. The molecule has 0 aliphatic carbocycles. The highest BCUT2D eigenvalue weighted by atomic mass is 32.1. The van der Waals surface area contributed by atoms with Crippen molar-refractivity contribution in [3.05, 3.63) is 82.1 Å². The largest absolute Gasteiger partial charge is 0.374 e. The van der Waals surface area contributed by atoms with Crippen molar-refractivity contribution in [3.8, 4) is 11.4 Å². The predicted octanol–water partition coefficient (Wildman–Crippen LogP) is 5.04. The number of carbonyl (C=O) groups is 1. The summed E-state index contributed by atoms with van der Waals surface area (Å²) in [6, 6.07) is 16.1.